The molecule has 69 heavy (non-hydrogen) atoms. The number of nitrogens with two attached hydrogens (primary N) is 1. The van der Waals surface area contributed by atoms with Gasteiger partial charge in [-0.2, -0.15) is 0 Å². The van der Waals surface area contributed by atoms with Gasteiger partial charge in [0.15, 0.2) is 0 Å². The highest BCUT2D eigenvalue weighted by atomic mass is 16.6. The van der Waals surface area contributed by atoms with E-state index < -0.39 is 6.10 Å². The molecule has 3 heterocycles. The highest BCUT2D eigenvalue weighted by Gasteiger charge is 2.24. The molecule has 1 atom stereocenters. The lowest BCUT2D eigenvalue weighted by Gasteiger charge is -2.35. The Labute approximate surface area is 407 Å². The van der Waals surface area contributed by atoms with E-state index in [2.05, 4.69) is 25.8 Å². The van der Waals surface area contributed by atoms with Crippen LogP contribution in [0.4, 0.5) is 11.5 Å². The third kappa shape index (κ3) is 23.9. The number of carbonyl (C=O) groups excluding carboxylic acids is 4. The van der Waals surface area contributed by atoms with E-state index >= 15 is 0 Å². The monoisotopic (exact) mass is 975 g/mol. The fourth-order valence-electron chi connectivity index (χ4n) is 7.34. The van der Waals surface area contributed by atoms with Crippen LogP contribution in [0.25, 0.3) is 11.1 Å². The molecule has 6 N–H and O–H groups in total. The smallest absolute Gasteiger partial charge is 0.242 e. The van der Waals surface area contributed by atoms with Gasteiger partial charge in [0, 0.05) is 101 Å². The second-order valence-electron chi connectivity index (χ2n) is 16.8. The van der Waals surface area contributed by atoms with Crippen molar-refractivity contribution in [2.45, 2.75) is 51.8 Å². The number of rotatable bonds is 38. The minimum absolute atomic E-state index is 0.00331. The number of aliphatic hydroxyl groups excluding tert-OH is 1. The molecule has 0 saturated carbocycles. The molecular formula is C48H78N8O13. The number of amides is 3. The lowest BCUT2D eigenvalue weighted by Crippen LogP contribution is -2.47. The lowest BCUT2D eigenvalue weighted by molar-refractivity contribution is -0.132. The molecule has 0 spiro atoms. The van der Waals surface area contributed by atoms with Gasteiger partial charge in [0.1, 0.15) is 12.1 Å². The SMILES string of the molecule is CC(C)Nc1cc(-c2ccc(N3CCN(CCC(=O)NCCOCCOCCOCCOCCOCCOCCOCCOCCC(=O)NCC(=O)N4CC[C@@H](O)C4)CC3)nc2)cc(C=O)c1CN. The van der Waals surface area contributed by atoms with Crippen molar-refractivity contribution >= 4 is 35.5 Å². The number of ether oxygens (including phenoxy) is 8. The average Bonchev–Trinajstić information content (AvgIpc) is 3.80. The van der Waals surface area contributed by atoms with Crippen molar-refractivity contribution in [3.8, 4) is 11.1 Å². The van der Waals surface area contributed by atoms with Gasteiger partial charge in [-0.15, -0.1) is 0 Å². The Morgan fingerprint density at radius 1 is 0.725 bits per heavy atom. The van der Waals surface area contributed by atoms with Crippen molar-refractivity contribution in [3.05, 3.63) is 41.6 Å². The number of anilines is 2. The first-order valence-electron chi connectivity index (χ1n) is 24.3. The summed E-state index contributed by atoms with van der Waals surface area (Å²) in [5.41, 5.74) is 10.1. The number of nitrogens with one attached hydrogen (secondary N) is 3. The van der Waals surface area contributed by atoms with Gasteiger partial charge in [-0.05, 0) is 55.7 Å². The maximum absolute atomic E-state index is 12.4. The molecule has 4 rings (SSSR count). The fourth-order valence-corrected chi connectivity index (χ4v) is 7.34. The number of hydrogen-bond acceptors (Lipinski definition) is 18. The number of piperazine rings is 1. The highest BCUT2D eigenvalue weighted by molar-refractivity contribution is 5.86. The Bertz CT molecular complexity index is 1750. The van der Waals surface area contributed by atoms with Crippen molar-refractivity contribution in [1.29, 1.82) is 0 Å². The maximum Gasteiger partial charge on any atom is 0.242 e. The predicted molar refractivity (Wildman–Crippen MR) is 259 cm³/mol. The van der Waals surface area contributed by atoms with Crippen LogP contribution in [0.5, 0.6) is 0 Å². The van der Waals surface area contributed by atoms with Gasteiger partial charge >= 0.3 is 0 Å². The summed E-state index contributed by atoms with van der Waals surface area (Å²) < 4.78 is 44.0. The van der Waals surface area contributed by atoms with Crippen LogP contribution in [0, 0.1) is 0 Å². The number of aliphatic hydroxyl groups is 1. The summed E-state index contributed by atoms with van der Waals surface area (Å²) in [6, 6.07) is 8.15. The summed E-state index contributed by atoms with van der Waals surface area (Å²) in [5.74, 6) is 0.449. The number of pyridine rings is 1. The Hall–Kier alpha value is -4.39. The van der Waals surface area contributed by atoms with E-state index in [0.717, 1.165) is 60.7 Å². The van der Waals surface area contributed by atoms with Crippen molar-refractivity contribution in [3.63, 3.8) is 0 Å². The maximum atomic E-state index is 12.4. The average molecular weight is 975 g/mol. The van der Waals surface area contributed by atoms with E-state index in [1.54, 1.807) is 4.90 Å². The molecule has 2 aliphatic heterocycles. The number of nitrogens with zero attached hydrogens (tertiary/aromatic N) is 4. The summed E-state index contributed by atoms with van der Waals surface area (Å²) in [6.45, 7) is 16.3. The molecule has 1 aromatic heterocycles. The van der Waals surface area contributed by atoms with Gasteiger partial charge in [-0.3, -0.25) is 24.1 Å². The number of aromatic nitrogens is 1. The van der Waals surface area contributed by atoms with Crippen molar-refractivity contribution < 1.29 is 62.2 Å². The van der Waals surface area contributed by atoms with Crippen LogP contribution >= 0.6 is 0 Å². The number of benzene rings is 1. The first kappa shape index (κ1) is 57.2. The topological polar surface area (TPSA) is 247 Å². The standard InChI is InChI=1S/C48H78N8O13/c1-38(2)53-44-32-40(31-41(37-57)43(44)33-49)39-3-4-45(51-34-39)55-13-11-54(12-14-55)9-6-46(59)50-8-16-63-18-20-65-22-24-67-26-28-69-30-29-68-27-25-66-23-21-64-19-17-62-15-7-47(60)52-35-48(61)56-10-5-42(58)36-56/h3-4,31-32,34,37-38,42,53,58H,5-30,33,35-36,49H2,1-2H3,(H,50,59)(H,52,60)/t42-/m1/s1. The van der Waals surface area contributed by atoms with Crippen LogP contribution in [0.3, 0.4) is 0 Å². The van der Waals surface area contributed by atoms with Crippen LogP contribution in [-0.4, -0.2) is 221 Å². The van der Waals surface area contributed by atoms with Gasteiger partial charge < -0.3 is 74.5 Å². The zero-order valence-electron chi connectivity index (χ0n) is 40.8. The first-order chi connectivity index (χ1) is 33.7. The number of β-amino-alcohol motifs (C(OH)–C–C–N with tert-alkyl or cyclic N) is 1. The molecule has 21 heteroatoms. The Balaban J connectivity index is 0.844. The molecule has 0 bridgehead atoms. The van der Waals surface area contributed by atoms with Crippen LogP contribution in [0.2, 0.25) is 0 Å². The lowest BCUT2D eigenvalue weighted by atomic mass is 9.98. The zero-order valence-corrected chi connectivity index (χ0v) is 40.8. The van der Waals surface area contributed by atoms with Crippen LogP contribution in [0.15, 0.2) is 30.5 Å². The number of aldehydes is 1. The largest absolute Gasteiger partial charge is 0.391 e. The van der Waals surface area contributed by atoms with Crippen LogP contribution in [-0.2, 0) is 58.8 Å². The molecule has 1 aromatic carbocycles. The quantitative estimate of drug-likeness (QED) is 0.0459. The second kappa shape index (κ2) is 34.8. The molecule has 388 valence electrons. The van der Waals surface area contributed by atoms with E-state index in [4.69, 9.17) is 48.6 Å². The van der Waals surface area contributed by atoms with Crippen LogP contribution in [0.1, 0.15) is 49.0 Å². The third-order valence-electron chi connectivity index (χ3n) is 11.1. The van der Waals surface area contributed by atoms with Crippen LogP contribution < -0.4 is 26.6 Å². The minimum Gasteiger partial charge on any atom is -0.391 e. The number of hydrogen-bond donors (Lipinski definition) is 5. The fraction of sp³-hybridized carbons (Fsp3) is 0.688. The Morgan fingerprint density at radius 2 is 1.28 bits per heavy atom. The Morgan fingerprint density at radius 3 is 1.77 bits per heavy atom. The van der Waals surface area contributed by atoms with E-state index in [9.17, 15) is 24.3 Å². The Kier molecular flexibility index (Phi) is 28.9. The van der Waals surface area contributed by atoms with Crippen molar-refractivity contribution in [1.82, 2.24) is 25.4 Å². The van der Waals surface area contributed by atoms with Gasteiger partial charge in [0.25, 0.3) is 0 Å². The van der Waals surface area contributed by atoms with Gasteiger partial charge in [0.05, 0.1) is 118 Å². The first-order valence-corrected chi connectivity index (χ1v) is 24.3. The summed E-state index contributed by atoms with van der Waals surface area (Å²) in [6.07, 6.45) is 3.37. The van der Waals surface area contributed by atoms with E-state index in [0.29, 0.717) is 144 Å². The minimum atomic E-state index is -0.481. The summed E-state index contributed by atoms with van der Waals surface area (Å²) in [5, 5.41) is 18.4. The molecule has 21 nitrogen and oxygen atoms in total. The zero-order chi connectivity index (χ0) is 49.3. The molecule has 2 aliphatic rings. The number of carbonyl (C=O) groups is 4. The molecule has 3 amide bonds. The highest BCUT2D eigenvalue weighted by Crippen LogP contribution is 2.30. The van der Waals surface area contributed by atoms with E-state index in [-0.39, 0.29) is 49.9 Å². The normalized spacial score (nSPS) is 15.2. The molecule has 0 aliphatic carbocycles. The molecule has 2 aromatic rings. The summed E-state index contributed by atoms with van der Waals surface area (Å²) >= 11 is 0. The summed E-state index contributed by atoms with van der Waals surface area (Å²) in [4.78, 5) is 59.0. The van der Waals surface area contributed by atoms with Gasteiger partial charge in [-0.25, -0.2) is 4.98 Å². The molecule has 2 fully saturated rings. The van der Waals surface area contributed by atoms with E-state index in [1.165, 1.54) is 0 Å². The number of likely N-dealkylation sites (tertiary alicyclic amines) is 1. The third-order valence-corrected chi connectivity index (χ3v) is 11.1. The molecular weight excluding hydrogens is 897 g/mol. The molecule has 2 saturated heterocycles. The summed E-state index contributed by atoms with van der Waals surface area (Å²) in [7, 11) is 0. The van der Waals surface area contributed by atoms with Crippen molar-refractivity contribution in [2.75, 3.05) is 175 Å². The predicted octanol–water partition coefficient (Wildman–Crippen LogP) is 0.701. The van der Waals surface area contributed by atoms with Gasteiger partial charge in [0.2, 0.25) is 17.7 Å². The van der Waals surface area contributed by atoms with Gasteiger partial charge in [-0.1, -0.05) is 0 Å². The molecule has 0 radical (unpaired) electrons. The molecule has 0 unspecified atom stereocenters. The van der Waals surface area contributed by atoms with E-state index in [1.807, 2.05) is 44.3 Å². The van der Waals surface area contributed by atoms with Crippen molar-refractivity contribution in [2.24, 2.45) is 5.73 Å². The second-order valence-corrected chi connectivity index (χ2v) is 16.8.